The molecular weight excluding hydrogens is 300 g/mol. The molecule has 0 bridgehead atoms. The lowest BCUT2D eigenvalue weighted by Gasteiger charge is -2.38. The van der Waals surface area contributed by atoms with Gasteiger partial charge in [0.2, 0.25) is 0 Å². The molecule has 2 nitrogen and oxygen atoms in total. The summed E-state index contributed by atoms with van der Waals surface area (Å²) in [7, 11) is 0. The Balaban J connectivity index is 2.53. The van der Waals surface area contributed by atoms with E-state index in [9.17, 15) is 4.79 Å². The van der Waals surface area contributed by atoms with Crippen molar-refractivity contribution in [3.8, 4) is 0 Å². The third kappa shape index (κ3) is 3.15. The summed E-state index contributed by atoms with van der Waals surface area (Å²) in [6, 6.07) is 0. The molecule has 1 unspecified atom stereocenters. The number of carbonyl (C=O) groups is 1. The fraction of sp³-hybridized carbons (Fsp3) is 0.800. The Labute approximate surface area is 101 Å². The molecule has 0 amide bonds. The summed E-state index contributed by atoms with van der Waals surface area (Å²) in [5.74, 6) is -0.382. The van der Waals surface area contributed by atoms with Crippen LogP contribution in [0.25, 0.3) is 0 Å². The molecular formula is C5H4Cl5O2P. The Hall–Kier alpha value is 1.35. The van der Waals surface area contributed by atoms with Gasteiger partial charge in [0, 0.05) is 6.42 Å². The Morgan fingerprint density at radius 1 is 1.54 bits per heavy atom. The van der Waals surface area contributed by atoms with Gasteiger partial charge in [-0.3, -0.25) is 4.79 Å². The molecule has 0 saturated carbocycles. The fourth-order valence-electron chi connectivity index (χ4n) is 0.887. The standard InChI is InChI=1S/C5H4Cl5O2P/c6-4(1-3(11)12-4)2-5(7,8)13(9)10/h1-2H2. The Morgan fingerprint density at radius 2 is 2.00 bits per heavy atom. The number of rotatable bonds is 3. The van der Waals surface area contributed by atoms with Gasteiger partial charge in [-0.1, -0.05) is 57.3 Å². The van der Waals surface area contributed by atoms with Crippen molar-refractivity contribution in [1.29, 1.82) is 0 Å². The predicted octanol–water partition coefficient (Wildman–Crippen LogP) is 4.18. The molecule has 1 heterocycles. The van der Waals surface area contributed by atoms with Crippen molar-refractivity contribution in [3.05, 3.63) is 0 Å². The van der Waals surface area contributed by atoms with E-state index in [1.807, 2.05) is 0 Å². The zero-order chi connectivity index (χ0) is 10.3. The first-order valence-electron chi connectivity index (χ1n) is 3.16. The summed E-state index contributed by atoms with van der Waals surface area (Å²) in [4.78, 5) is 10.5. The first-order chi connectivity index (χ1) is 5.75. The van der Waals surface area contributed by atoms with E-state index in [-0.39, 0.29) is 18.8 Å². The zero-order valence-corrected chi connectivity index (χ0v) is 10.7. The van der Waals surface area contributed by atoms with E-state index in [2.05, 4.69) is 4.74 Å². The minimum Gasteiger partial charge on any atom is -0.442 e. The van der Waals surface area contributed by atoms with Crippen LogP contribution in [0.3, 0.4) is 0 Å². The van der Waals surface area contributed by atoms with E-state index in [1.165, 1.54) is 0 Å². The molecule has 1 fully saturated rings. The molecule has 1 aliphatic rings. The Bertz CT molecular complexity index is 223. The summed E-state index contributed by atoms with van der Waals surface area (Å²) in [6.07, 6.45) is 0.0990. The highest BCUT2D eigenvalue weighted by Gasteiger charge is 2.51. The van der Waals surface area contributed by atoms with Crippen LogP contribution in [0.5, 0.6) is 0 Å². The van der Waals surface area contributed by atoms with Gasteiger partial charge in [-0.15, -0.1) is 0 Å². The average Bonchev–Trinajstić information content (AvgIpc) is 1.81. The van der Waals surface area contributed by atoms with Crippen molar-refractivity contribution >= 4 is 69.9 Å². The number of esters is 1. The number of cyclic esters (lactones) is 1. The average molecular weight is 304 g/mol. The van der Waals surface area contributed by atoms with Gasteiger partial charge in [0.15, 0.2) is 9.13 Å². The first-order valence-corrected chi connectivity index (χ1v) is 7.44. The van der Waals surface area contributed by atoms with Crippen LogP contribution in [0.2, 0.25) is 0 Å². The van der Waals surface area contributed by atoms with E-state index in [1.54, 1.807) is 0 Å². The lowest BCUT2D eigenvalue weighted by molar-refractivity contribution is -0.176. The van der Waals surface area contributed by atoms with Crippen molar-refractivity contribution < 1.29 is 9.53 Å². The highest BCUT2D eigenvalue weighted by molar-refractivity contribution is 8.06. The second-order valence-corrected chi connectivity index (χ2v) is 9.09. The first kappa shape index (κ1) is 12.4. The number of hydrogen-bond acceptors (Lipinski definition) is 2. The maximum absolute atomic E-state index is 10.5. The van der Waals surface area contributed by atoms with Gasteiger partial charge < -0.3 is 4.74 Å². The van der Waals surface area contributed by atoms with Crippen LogP contribution in [0.1, 0.15) is 12.8 Å². The summed E-state index contributed by atoms with van der Waals surface area (Å²) in [6.45, 7) is -1.59. The van der Waals surface area contributed by atoms with Crippen LogP contribution >= 0.6 is 63.9 Å². The molecule has 0 radical (unpaired) electrons. The maximum Gasteiger partial charge on any atom is 0.312 e. The van der Waals surface area contributed by atoms with Crippen LogP contribution in [-0.2, 0) is 9.53 Å². The third-order valence-electron chi connectivity index (χ3n) is 1.43. The number of ether oxygens (including phenoxy) is 1. The molecule has 76 valence electrons. The van der Waals surface area contributed by atoms with Crippen molar-refractivity contribution in [1.82, 2.24) is 0 Å². The molecule has 1 atom stereocenters. The second-order valence-electron chi connectivity index (χ2n) is 2.61. The zero-order valence-electron chi connectivity index (χ0n) is 6.07. The molecule has 0 spiro atoms. The van der Waals surface area contributed by atoms with Crippen LogP contribution < -0.4 is 0 Å². The molecule has 1 saturated heterocycles. The minimum atomic E-state index is -1.59. The predicted molar refractivity (Wildman–Crippen MR) is 57.0 cm³/mol. The lowest BCUT2D eigenvalue weighted by atomic mass is 10.1. The monoisotopic (exact) mass is 302 g/mol. The fourth-order valence-corrected chi connectivity index (χ4v) is 2.68. The molecule has 0 aromatic rings. The van der Waals surface area contributed by atoms with Crippen molar-refractivity contribution in [2.24, 2.45) is 0 Å². The molecule has 13 heavy (non-hydrogen) atoms. The van der Waals surface area contributed by atoms with Gasteiger partial charge in [-0.2, -0.15) is 0 Å². The number of halogens is 5. The van der Waals surface area contributed by atoms with Gasteiger partial charge in [-0.05, 0) is 0 Å². The summed E-state index contributed by atoms with van der Waals surface area (Å²) in [5, 5.41) is -1.13. The van der Waals surface area contributed by atoms with Crippen LogP contribution in [0.4, 0.5) is 0 Å². The largest absolute Gasteiger partial charge is 0.442 e. The molecule has 1 aliphatic heterocycles. The SMILES string of the molecule is O=C1CC(Cl)(CC(Cl)(Cl)P(Cl)Cl)O1. The quantitative estimate of drug-likeness (QED) is 0.444. The number of hydrogen-bond donors (Lipinski definition) is 0. The van der Waals surface area contributed by atoms with Crippen LogP contribution in [0.15, 0.2) is 0 Å². The number of alkyl halides is 3. The van der Waals surface area contributed by atoms with Crippen LogP contribution in [0, 0.1) is 0 Å². The molecule has 0 aliphatic carbocycles. The van der Waals surface area contributed by atoms with Crippen molar-refractivity contribution in [2.45, 2.75) is 22.0 Å². The minimum absolute atomic E-state index is 0.0229. The van der Waals surface area contributed by atoms with E-state index >= 15 is 0 Å². The summed E-state index contributed by atoms with van der Waals surface area (Å²) < 4.78 is 3.32. The Morgan fingerprint density at radius 3 is 2.31 bits per heavy atom. The smallest absolute Gasteiger partial charge is 0.312 e. The van der Waals surface area contributed by atoms with Gasteiger partial charge in [0.25, 0.3) is 0 Å². The number of carbonyl (C=O) groups excluding carboxylic acids is 1. The molecule has 8 heteroatoms. The molecule has 1 rings (SSSR count). The van der Waals surface area contributed by atoms with Crippen LogP contribution in [-0.4, -0.2) is 15.1 Å². The highest BCUT2D eigenvalue weighted by Crippen LogP contribution is 2.67. The summed E-state index contributed by atoms with van der Waals surface area (Å²) in [5.41, 5.74) is 0. The topological polar surface area (TPSA) is 26.3 Å². The normalized spacial score (nSPS) is 28.6. The van der Waals surface area contributed by atoms with E-state index in [0.29, 0.717) is 0 Å². The van der Waals surface area contributed by atoms with Gasteiger partial charge in [0.1, 0.15) is 13.0 Å². The van der Waals surface area contributed by atoms with Crippen molar-refractivity contribution in [2.75, 3.05) is 0 Å². The molecule has 0 aromatic carbocycles. The van der Waals surface area contributed by atoms with E-state index in [4.69, 9.17) is 57.3 Å². The third-order valence-corrected chi connectivity index (χ3v) is 6.48. The highest BCUT2D eigenvalue weighted by atomic mass is 35.9. The Kier molecular flexibility index (Phi) is 3.89. The van der Waals surface area contributed by atoms with E-state index in [0.717, 1.165) is 0 Å². The van der Waals surface area contributed by atoms with Gasteiger partial charge >= 0.3 is 5.97 Å². The molecule has 0 aromatic heterocycles. The van der Waals surface area contributed by atoms with E-state index < -0.39 is 15.8 Å². The second kappa shape index (κ2) is 4.08. The summed E-state index contributed by atoms with van der Waals surface area (Å²) >= 11 is 28.5. The maximum atomic E-state index is 10.5. The van der Waals surface area contributed by atoms with Gasteiger partial charge in [-0.25, -0.2) is 0 Å². The van der Waals surface area contributed by atoms with Gasteiger partial charge in [0.05, 0.1) is 0 Å². The molecule has 0 N–H and O–H groups in total. The van der Waals surface area contributed by atoms with Crippen molar-refractivity contribution in [3.63, 3.8) is 0 Å². The lowest BCUT2D eigenvalue weighted by Crippen LogP contribution is -2.45.